The molecule has 1 N–H and O–H groups in total. The van der Waals surface area contributed by atoms with Gasteiger partial charge in [0.05, 0.1) is 22.4 Å². The van der Waals surface area contributed by atoms with Crippen molar-refractivity contribution < 1.29 is 14.4 Å². The van der Waals surface area contributed by atoms with Crippen LogP contribution in [0.1, 0.15) is 101 Å². The van der Waals surface area contributed by atoms with Crippen LogP contribution in [0.4, 0.5) is 5.69 Å². The van der Waals surface area contributed by atoms with E-state index in [4.69, 9.17) is 0 Å². The van der Waals surface area contributed by atoms with Crippen LogP contribution in [-0.4, -0.2) is 24.8 Å². The Balaban J connectivity index is 2.30. The van der Waals surface area contributed by atoms with Crippen molar-refractivity contribution in [3.63, 3.8) is 0 Å². The van der Waals surface area contributed by atoms with Gasteiger partial charge >= 0.3 is 0 Å². The highest BCUT2D eigenvalue weighted by atomic mass is 16.2. The van der Waals surface area contributed by atoms with E-state index in [0.717, 1.165) is 29.5 Å². The predicted octanol–water partition coefficient (Wildman–Crippen LogP) is 5.05. The second kappa shape index (κ2) is 8.42. The van der Waals surface area contributed by atoms with Crippen molar-refractivity contribution in [2.24, 2.45) is 0 Å². The Kier molecular flexibility index (Phi) is 6.11. The molecule has 0 spiro atoms. The van der Waals surface area contributed by atoms with Crippen molar-refractivity contribution in [2.75, 3.05) is 11.9 Å². The monoisotopic (exact) mass is 406 g/mol. The fraction of sp³-hybridized carbons (Fsp3) is 0.400. The number of benzene rings is 2. The molecule has 0 aliphatic carbocycles. The van der Waals surface area contributed by atoms with Crippen molar-refractivity contribution in [1.82, 2.24) is 5.32 Å². The number of carbonyl (C=O) groups excluding carboxylic acids is 3. The Morgan fingerprint density at radius 1 is 0.967 bits per heavy atom. The summed E-state index contributed by atoms with van der Waals surface area (Å²) in [5.74, 6) is -0.749. The number of hydrogen-bond donors (Lipinski definition) is 1. The lowest BCUT2D eigenvalue weighted by Crippen LogP contribution is -2.32. The van der Waals surface area contributed by atoms with E-state index in [2.05, 4.69) is 46.0 Å². The molecule has 0 atom stereocenters. The van der Waals surface area contributed by atoms with Crippen LogP contribution in [0, 0.1) is 0 Å². The minimum atomic E-state index is -0.422. The Morgan fingerprint density at radius 3 is 2.17 bits per heavy atom. The summed E-state index contributed by atoms with van der Waals surface area (Å²) in [6.07, 6.45) is 1.68. The van der Waals surface area contributed by atoms with E-state index in [0.29, 0.717) is 5.69 Å². The highest BCUT2D eigenvalue weighted by Gasteiger charge is 2.41. The molecule has 0 bridgehead atoms. The lowest BCUT2D eigenvalue weighted by atomic mass is 9.87. The number of fused-ring (bicyclic) bond motifs is 1. The van der Waals surface area contributed by atoms with Crippen molar-refractivity contribution in [3.05, 3.63) is 63.7 Å². The zero-order valence-electron chi connectivity index (χ0n) is 18.6. The van der Waals surface area contributed by atoms with Gasteiger partial charge in [-0.3, -0.25) is 14.4 Å². The summed E-state index contributed by atoms with van der Waals surface area (Å²) in [6, 6.07) is 9.04. The first-order valence-electron chi connectivity index (χ1n) is 10.6. The third kappa shape index (κ3) is 3.42. The molecule has 0 aromatic heterocycles. The van der Waals surface area contributed by atoms with E-state index in [1.807, 2.05) is 6.07 Å². The first-order chi connectivity index (χ1) is 14.2. The van der Waals surface area contributed by atoms with Crippen LogP contribution in [0.2, 0.25) is 0 Å². The van der Waals surface area contributed by atoms with Gasteiger partial charge < -0.3 is 5.32 Å². The lowest BCUT2D eigenvalue weighted by molar-refractivity contribution is 0.0912. The van der Waals surface area contributed by atoms with Crippen molar-refractivity contribution >= 4 is 23.4 Å². The van der Waals surface area contributed by atoms with Gasteiger partial charge in [-0.15, -0.1) is 0 Å². The summed E-state index contributed by atoms with van der Waals surface area (Å²) in [7, 11) is 1.52. The number of nitrogens with zero attached hydrogens (tertiary/aromatic N) is 1. The quantitative estimate of drug-likeness (QED) is 0.683. The number of hydrogen-bond acceptors (Lipinski definition) is 3. The number of carbonyl (C=O) groups is 3. The minimum absolute atomic E-state index is 0.138. The molecule has 0 fully saturated rings. The van der Waals surface area contributed by atoms with Crippen LogP contribution >= 0.6 is 0 Å². The van der Waals surface area contributed by atoms with E-state index in [-0.39, 0.29) is 40.3 Å². The Hall–Kier alpha value is -2.95. The van der Waals surface area contributed by atoms with Gasteiger partial charge in [0, 0.05) is 7.05 Å². The van der Waals surface area contributed by atoms with Gasteiger partial charge in [-0.05, 0) is 47.1 Å². The SMILES string of the molecule is CCCc1c(C(C)C)ccc(C(C)C)c1N1C(=O)c2cccc(C(=O)NC)c2C1=O. The molecule has 5 heteroatoms. The van der Waals surface area contributed by atoms with Crippen LogP contribution in [0.5, 0.6) is 0 Å². The maximum absolute atomic E-state index is 13.6. The molecule has 0 saturated heterocycles. The topological polar surface area (TPSA) is 66.5 Å². The third-order valence-electron chi connectivity index (χ3n) is 5.70. The first-order valence-corrected chi connectivity index (χ1v) is 10.6. The second-order valence-corrected chi connectivity index (χ2v) is 8.38. The molecule has 2 aromatic rings. The van der Waals surface area contributed by atoms with Crippen LogP contribution in [-0.2, 0) is 6.42 Å². The number of anilines is 1. The maximum atomic E-state index is 13.6. The smallest absolute Gasteiger partial charge is 0.266 e. The zero-order valence-corrected chi connectivity index (χ0v) is 18.6. The Labute approximate surface area is 178 Å². The van der Waals surface area contributed by atoms with E-state index < -0.39 is 5.91 Å². The fourth-order valence-corrected chi connectivity index (χ4v) is 4.27. The van der Waals surface area contributed by atoms with E-state index in [1.165, 1.54) is 11.9 Å². The van der Waals surface area contributed by atoms with Gasteiger partial charge in [0.2, 0.25) is 0 Å². The van der Waals surface area contributed by atoms with Crippen molar-refractivity contribution in [1.29, 1.82) is 0 Å². The molecule has 1 aliphatic heterocycles. The standard InChI is InChI=1S/C25H30N2O3/c1-7-9-18-16(14(2)3)12-13-17(15(4)5)22(18)27-24(29)20-11-8-10-19(23(28)26-6)21(20)25(27)30/h8,10-15H,7,9H2,1-6H3,(H,26,28). The molecule has 1 aliphatic rings. The summed E-state index contributed by atoms with van der Waals surface area (Å²) in [5, 5.41) is 2.57. The van der Waals surface area contributed by atoms with E-state index >= 15 is 0 Å². The number of imide groups is 1. The average molecular weight is 407 g/mol. The molecular formula is C25H30N2O3. The summed E-state index contributed by atoms with van der Waals surface area (Å²) in [6.45, 7) is 10.5. The minimum Gasteiger partial charge on any atom is -0.355 e. The van der Waals surface area contributed by atoms with Gasteiger partial charge in [-0.25, -0.2) is 4.90 Å². The van der Waals surface area contributed by atoms with Crippen LogP contribution in [0.3, 0.4) is 0 Å². The average Bonchev–Trinajstić information content (AvgIpc) is 2.97. The normalized spacial score (nSPS) is 13.4. The summed E-state index contributed by atoms with van der Waals surface area (Å²) in [5.41, 5.74) is 4.58. The maximum Gasteiger partial charge on any atom is 0.266 e. The fourth-order valence-electron chi connectivity index (χ4n) is 4.27. The molecule has 3 rings (SSSR count). The van der Waals surface area contributed by atoms with E-state index in [1.54, 1.807) is 18.2 Å². The highest BCUT2D eigenvalue weighted by molar-refractivity contribution is 6.36. The van der Waals surface area contributed by atoms with Gasteiger partial charge in [-0.2, -0.15) is 0 Å². The van der Waals surface area contributed by atoms with Crippen LogP contribution in [0.25, 0.3) is 0 Å². The highest BCUT2D eigenvalue weighted by Crippen LogP contribution is 2.41. The summed E-state index contributed by atoms with van der Waals surface area (Å²) >= 11 is 0. The van der Waals surface area contributed by atoms with Gasteiger partial charge in [-0.1, -0.05) is 59.2 Å². The van der Waals surface area contributed by atoms with Crippen LogP contribution < -0.4 is 10.2 Å². The first kappa shape index (κ1) is 21.8. The molecule has 5 nitrogen and oxygen atoms in total. The van der Waals surface area contributed by atoms with Crippen molar-refractivity contribution in [2.45, 2.75) is 59.3 Å². The Morgan fingerprint density at radius 2 is 1.60 bits per heavy atom. The summed E-state index contributed by atoms with van der Waals surface area (Å²) in [4.78, 5) is 40.7. The number of amides is 3. The molecule has 3 amide bonds. The number of nitrogens with one attached hydrogen (secondary N) is 1. The van der Waals surface area contributed by atoms with Gasteiger partial charge in [0.1, 0.15) is 0 Å². The number of rotatable bonds is 6. The van der Waals surface area contributed by atoms with Crippen LogP contribution in [0.15, 0.2) is 30.3 Å². The molecule has 158 valence electrons. The molecular weight excluding hydrogens is 376 g/mol. The molecule has 0 radical (unpaired) electrons. The molecule has 30 heavy (non-hydrogen) atoms. The van der Waals surface area contributed by atoms with E-state index in [9.17, 15) is 14.4 Å². The van der Waals surface area contributed by atoms with Crippen molar-refractivity contribution in [3.8, 4) is 0 Å². The molecule has 2 aromatic carbocycles. The molecule has 0 unspecified atom stereocenters. The predicted molar refractivity (Wildman–Crippen MR) is 120 cm³/mol. The summed E-state index contributed by atoms with van der Waals surface area (Å²) < 4.78 is 0. The molecule has 1 heterocycles. The zero-order chi connectivity index (χ0) is 22.2. The Bertz CT molecular complexity index is 1020. The third-order valence-corrected chi connectivity index (χ3v) is 5.70. The molecule has 0 saturated carbocycles. The lowest BCUT2D eigenvalue weighted by Gasteiger charge is -2.27. The van der Waals surface area contributed by atoms with Gasteiger partial charge in [0.15, 0.2) is 0 Å². The van der Waals surface area contributed by atoms with Gasteiger partial charge in [0.25, 0.3) is 17.7 Å². The largest absolute Gasteiger partial charge is 0.355 e. The second-order valence-electron chi connectivity index (χ2n) is 8.38.